The Labute approximate surface area is 160 Å². The van der Waals surface area contributed by atoms with E-state index in [0.29, 0.717) is 46.6 Å². The molecule has 0 aliphatic heterocycles. The van der Waals surface area contributed by atoms with Crippen molar-refractivity contribution in [3.63, 3.8) is 0 Å². The van der Waals surface area contributed by atoms with Crippen LogP contribution in [0.4, 0.5) is 0 Å². The third kappa shape index (κ3) is 4.15. The van der Waals surface area contributed by atoms with Gasteiger partial charge >= 0.3 is 0 Å². The Bertz CT molecular complexity index is 777. The van der Waals surface area contributed by atoms with Gasteiger partial charge in [-0.15, -0.1) is 5.10 Å². The van der Waals surface area contributed by atoms with Crippen molar-refractivity contribution in [1.82, 2.24) is 15.0 Å². The van der Waals surface area contributed by atoms with Gasteiger partial charge < -0.3 is 9.47 Å². The zero-order chi connectivity index (χ0) is 19.6. The van der Waals surface area contributed by atoms with Crippen LogP contribution in [0.2, 0.25) is 0 Å². The molecule has 1 aromatic heterocycles. The molecule has 0 bridgehead atoms. The third-order valence-corrected chi connectivity index (χ3v) is 5.68. The number of nitrogens with zero attached hydrogens (tertiary/aromatic N) is 3. The summed E-state index contributed by atoms with van der Waals surface area (Å²) < 4.78 is 12.4. The van der Waals surface area contributed by atoms with E-state index in [1.165, 1.54) is 12.8 Å². The summed E-state index contributed by atoms with van der Waals surface area (Å²) in [6.07, 6.45) is 5.32. The summed E-state index contributed by atoms with van der Waals surface area (Å²) in [5, 5.41) is 8.50. The Kier molecular flexibility index (Phi) is 5.82. The van der Waals surface area contributed by atoms with Gasteiger partial charge in [-0.25, -0.2) is 4.68 Å². The van der Waals surface area contributed by atoms with Crippen LogP contribution in [0.1, 0.15) is 62.1 Å². The molecule has 27 heavy (non-hydrogen) atoms. The molecule has 6 heteroatoms. The van der Waals surface area contributed by atoms with E-state index in [0.717, 1.165) is 6.42 Å². The molecule has 0 spiro atoms. The lowest BCUT2D eigenvalue weighted by atomic mass is 9.74. The van der Waals surface area contributed by atoms with Gasteiger partial charge in [0.2, 0.25) is 5.78 Å². The fourth-order valence-corrected chi connectivity index (χ4v) is 4.09. The Morgan fingerprint density at radius 1 is 1.15 bits per heavy atom. The maximum absolute atomic E-state index is 12.9. The second kappa shape index (κ2) is 8.11. The van der Waals surface area contributed by atoms with Crippen LogP contribution in [0.15, 0.2) is 24.4 Å². The first-order chi connectivity index (χ1) is 12.9. The smallest absolute Gasteiger partial charge is 0.215 e. The number of ether oxygens (including phenoxy) is 2. The summed E-state index contributed by atoms with van der Waals surface area (Å²) in [5.41, 5.74) is 0.835. The maximum Gasteiger partial charge on any atom is 0.215 e. The first-order valence-electron chi connectivity index (χ1n) is 9.62. The SMILES string of the molecule is COc1cc(OC)cc(C(=O)c2cn([C@@H]3C[C@H](C)CC[C@H]3C(C)C)nn2)c1. The fraction of sp³-hybridized carbons (Fsp3) is 0.571. The average molecular weight is 371 g/mol. The van der Waals surface area contributed by atoms with E-state index in [-0.39, 0.29) is 5.78 Å². The van der Waals surface area contributed by atoms with Crippen LogP contribution in [0.25, 0.3) is 0 Å². The minimum absolute atomic E-state index is 0.177. The molecule has 3 rings (SSSR count). The summed E-state index contributed by atoms with van der Waals surface area (Å²) >= 11 is 0. The topological polar surface area (TPSA) is 66.2 Å². The molecule has 1 fully saturated rings. The van der Waals surface area contributed by atoms with E-state index in [1.807, 2.05) is 4.68 Å². The van der Waals surface area contributed by atoms with E-state index >= 15 is 0 Å². The van der Waals surface area contributed by atoms with Gasteiger partial charge in [0.15, 0.2) is 5.69 Å². The highest BCUT2D eigenvalue weighted by Crippen LogP contribution is 2.40. The van der Waals surface area contributed by atoms with Gasteiger partial charge in [0.1, 0.15) is 11.5 Å². The second-order valence-corrected chi connectivity index (χ2v) is 7.91. The minimum Gasteiger partial charge on any atom is -0.497 e. The monoisotopic (exact) mass is 371 g/mol. The predicted molar refractivity (Wildman–Crippen MR) is 103 cm³/mol. The number of benzene rings is 1. The number of rotatable bonds is 6. The predicted octanol–water partition coefficient (Wildman–Crippen LogP) is 4.16. The number of hydrogen-bond donors (Lipinski definition) is 0. The summed E-state index contributed by atoms with van der Waals surface area (Å²) in [4.78, 5) is 12.9. The molecule has 0 N–H and O–H groups in total. The van der Waals surface area contributed by atoms with Gasteiger partial charge in [0.05, 0.1) is 26.5 Å². The van der Waals surface area contributed by atoms with Gasteiger partial charge in [-0.05, 0) is 42.7 Å². The second-order valence-electron chi connectivity index (χ2n) is 7.91. The van der Waals surface area contributed by atoms with Crippen LogP contribution < -0.4 is 9.47 Å². The molecule has 146 valence electrons. The number of carbonyl (C=O) groups is 1. The molecule has 2 aromatic rings. The molecule has 0 unspecified atom stereocenters. The molecule has 3 atom stereocenters. The lowest BCUT2D eigenvalue weighted by molar-refractivity contribution is 0.103. The number of ketones is 1. The quantitative estimate of drug-likeness (QED) is 0.713. The Morgan fingerprint density at radius 3 is 2.41 bits per heavy atom. The summed E-state index contributed by atoms with van der Waals surface area (Å²) in [6.45, 7) is 6.81. The molecule has 0 saturated heterocycles. The van der Waals surface area contributed by atoms with Crippen molar-refractivity contribution in [3.05, 3.63) is 35.7 Å². The number of carbonyl (C=O) groups excluding carboxylic acids is 1. The van der Waals surface area contributed by atoms with Crippen LogP contribution >= 0.6 is 0 Å². The van der Waals surface area contributed by atoms with Crippen LogP contribution in [-0.2, 0) is 0 Å². The van der Waals surface area contributed by atoms with Crippen LogP contribution in [0.5, 0.6) is 11.5 Å². The largest absolute Gasteiger partial charge is 0.497 e. The van der Waals surface area contributed by atoms with Crippen molar-refractivity contribution in [2.75, 3.05) is 14.2 Å². The average Bonchev–Trinajstić information content (AvgIpc) is 3.16. The van der Waals surface area contributed by atoms with Crippen LogP contribution in [0, 0.1) is 17.8 Å². The lowest BCUT2D eigenvalue weighted by Gasteiger charge is -2.37. The van der Waals surface area contributed by atoms with Gasteiger partial charge in [-0.1, -0.05) is 32.4 Å². The van der Waals surface area contributed by atoms with Crippen LogP contribution in [0.3, 0.4) is 0 Å². The molecule has 1 aliphatic carbocycles. The first kappa shape index (κ1) is 19.4. The van der Waals surface area contributed by atoms with E-state index in [1.54, 1.807) is 38.6 Å². The van der Waals surface area contributed by atoms with E-state index in [9.17, 15) is 4.79 Å². The third-order valence-electron chi connectivity index (χ3n) is 5.68. The highest BCUT2D eigenvalue weighted by atomic mass is 16.5. The van der Waals surface area contributed by atoms with E-state index < -0.39 is 0 Å². The molecule has 1 aliphatic rings. The molecule has 1 saturated carbocycles. The normalized spacial score (nSPS) is 22.7. The van der Waals surface area contributed by atoms with Gasteiger partial charge in [0, 0.05) is 11.6 Å². The first-order valence-corrected chi connectivity index (χ1v) is 9.62. The van der Waals surface area contributed by atoms with Crippen molar-refractivity contribution < 1.29 is 14.3 Å². The molecule has 1 aromatic carbocycles. The number of hydrogen-bond acceptors (Lipinski definition) is 5. The van der Waals surface area contributed by atoms with Crippen LogP contribution in [-0.4, -0.2) is 35.0 Å². The number of methoxy groups -OCH3 is 2. The van der Waals surface area contributed by atoms with Crippen molar-refractivity contribution in [1.29, 1.82) is 0 Å². The Hall–Kier alpha value is -2.37. The Balaban J connectivity index is 1.87. The van der Waals surface area contributed by atoms with Gasteiger partial charge in [-0.2, -0.15) is 0 Å². The summed E-state index contributed by atoms with van der Waals surface area (Å²) in [6, 6.07) is 5.43. The van der Waals surface area contributed by atoms with E-state index in [2.05, 4.69) is 31.1 Å². The fourth-order valence-electron chi connectivity index (χ4n) is 4.09. The Morgan fingerprint density at radius 2 is 1.81 bits per heavy atom. The van der Waals surface area contributed by atoms with E-state index in [4.69, 9.17) is 9.47 Å². The minimum atomic E-state index is -0.177. The number of aromatic nitrogens is 3. The van der Waals surface area contributed by atoms with Crippen molar-refractivity contribution in [3.8, 4) is 11.5 Å². The summed E-state index contributed by atoms with van der Waals surface area (Å²) in [5.74, 6) is 2.77. The van der Waals surface area contributed by atoms with Crippen molar-refractivity contribution in [2.24, 2.45) is 17.8 Å². The summed E-state index contributed by atoms with van der Waals surface area (Å²) in [7, 11) is 3.13. The lowest BCUT2D eigenvalue weighted by Crippen LogP contribution is -2.30. The maximum atomic E-state index is 12.9. The zero-order valence-electron chi connectivity index (χ0n) is 16.8. The molecular weight excluding hydrogens is 342 g/mol. The highest BCUT2D eigenvalue weighted by Gasteiger charge is 2.33. The van der Waals surface area contributed by atoms with Gasteiger partial charge in [-0.3, -0.25) is 4.79 Å². The molecular formula is C21H29N3O3. The molecule has 0 radical (unpaired) electrons. The standard InChI is InChI=1S/C21H29N3O3/c1-13(2)18-7-6-14(3)8-20(18)24-12-19(22-23-24)21(25)15-9-16(26-4)11-17(10-15)27-5/h9-14,18,20H,6-8H2,1-5H3/t14-,18+,20-/m1/s1. The van der Waals surface area contributed by atoms with Gasteiger partial charge in [0.25, 0.3) is 0 Å². The highest BCUT2D eigenvalue weighted by molar-refractivity contribution is 6.08. The zero-order valence-corrected chi connectivity index (χ0v) is 16.8. The molecule has 1 heterocycles. The molecule has 6 nitrogen and oxygen atoms in total. The molecule has 0 amide bonds. The van der Waals surface area contributed by atoms with Crippen molar-refractivity contribution in [2.45, 2.75) is 46.1 Å². The van der Waals surface area contributed by atoms with Crippen molar-refractivity contribution >= 4 is 5.78 Å².